The summed E-state index contributed by atoms with van der Waals surface area (Å²) >= 11 is 3.24. The van der Waals surface area contributed by atoms with Crippen LogP contribution in [-0.4, -0.2) is 42.2 Å². The van der Waals surface area contributed by atoms with Crippen molar-refractivity contribution in [2.75, 3.05) is 20.2 Å². The van der Waals surface area contributed by atoms with Crippen LogP contribution < -0.4 is 0 Å². The van der Waals surface area contributed by atoms with Crippen molar-refractivity contribution < 1.29 is 14.6 Å². The molecule has 0 atom stereocenters. The predicted molar refractivity (Wildman–Crippen MR) is 73.9 cm³/mol. The minimum absolute atomic E-state index is 0.0222. The van der Waals surface area contributed by atoms with Crippen molar-refractivity contribution in [2.45, 2.75) is 20.0 Å². The Hall–Kier alpha value is -1.07. The van der Waals surface area contributed by atoms with Gasteiger partial charge < -0.3 is 14.7 Å². The number of benzene rings is 1. The number of hydrogen-bond acceptors (Lipinski definition) is 3. The van der Waals surface area contributed by atoms with Crippen LogP contribution in [0.25, 0.3) is 0 Å². The molecule has 0 fully saturated rings. The Labute approximate surface area is 116 Å². The highest BCUT2D eigenvalue weighted by Crippen LogP contribution is 2.23. The molecule has 100 valence electrons. The molecule has 0 aromatic heterocycles. The molecule has 5 heteroatoms. The van der Waals surface area contributed by atoms with Gasteiger partial charge in [0.05, 0.1) is 18.3 Å². The zero-order valence-corrected chi connectivity index (χ0v) is 12.4. The number of amides is 1. The summed E-state index contributed by atoms with van der Waals surface area (Å²) < 4.78 is 6.12. The topological polar surface area (TPSA) is 49.8 Å². The molecular weight excluding hydrogens is 298 g/mol. The SMILES string of the molecule is CC(C)OCCN(C)C(=O)c1ccc(Br)cc1O. The summed E-state index contributed by atoms with van der Waals surface area (Å²) in [5, 5.41) is 9.72. The molecule has 1 N–H and O–H groups in total. The Morgan fingerprint density at radius 1 is 1.50 bits per heavy atom. The van der Waals surface area contributed by atoms with E-state index < -0.39 is 0 Å². The van der Waals surface area contributed by atoms with Gasteiger partial charge in [-0.2, -0.15) is 0 Å². The molecule has 0 aliphatic rings. The monoisotopic (exact) mass is 315 g/mol. The van der Waals surface area contributed by atoms with E-state index in [0.29, 0.717) is 18.7 Å². The highest BCUT2D eigenvalue weighted by atomic mass is 79.9. The molecule has 0 radical (unpaired) electrons. The molecule has 0 saturated carbocycles. The second kappa shape index (κ2) is 6.75. The third-order valence-corrected chi connectivity index (χ3v) is 2.91. The highest BCUT2D eigenvalue weighted by molar-refractivity contribution is 9.10. The maximum absolute atomic E-state index is 12.0. The second-order valence-electron chi connectivity index (χ2n) is 4.31. The lowest BCUT2D eigenvalue weighted by Gasteiger charge is -2.18. The number of phenolic OH excluding ortho intramolecular Hbond substituents is 1. The molecule has 4 nitrogen and oxygen atoms in total. The number of hydrogen-bond donors (Lipinski definition) is 1. The van der Waals surface area contributed by atoms with Crippen LogP contribution in [0.15, 0.2) is 22.7 Å². The number of ether oxygens (including phenoxy) is 1. The van der Waals surface area contributed by atoms with Gasteiger partial charge in [-0.3, -0.25) is 4.79 Å². The van der Waals surface area contributed by atoms with Gasteiger partial charge in [0.1, 0.15) is 5.75 Å². The smallest absolute Gasteiger partial charge is 0.257 e. The zero-order chi connectivity index (χ0) is 13.7. The fourth-order valence-electron chi connectivity index (χ4n) is 1.42. The number of aromatic hydroxyl groups is 1. The Bertz CT molecular complexity index is 421. The molecule has 0 spiro atoms. The van der Waals surface area contributed by atoms with E-state index in [1.807, 2.05) is 13.8 Å². The van der Waals surface area contributed by atoms with Gasteiger partial charge in [0, 0.05) is 18.1 Å². The molecule has 18 heavy (non-hydrogen) atoms. The van der Waals surface area contributed by atoms with E-state index in [2.05, 4.69) is 15.9 Å². The molecule has 1 rings (SSSR count). The first-order chi connectivity index (χ1) is 8.41. The number of rotatable bonds is 5. The molecule has 0 aliphatic heterocycles. The molecule has 0 heterocycles. The van der Waals surface area contributed by atoms with Gasteiger partial charge in [-0.15, -0.1) is 0 Å². The summed E-state index contributed by atoms with van der Waals surface area (Å²) in [7, 11) is 1.69. The van der Waals surface area contributed by atoms with Crippen molar-refractivity contribution in [3.8, 4) is 5.75 Å². The molecule has 1 aromatic rings. The molecule has 1 aromatic carbocycles. The highest BCUT2D eigenvalue weighted by Gasteiger charge is 2.15. The maximum atomic E-state index is 12.0. The van der Waals surface area contributed by atoms with Crippen molar-refractivity contribution >= 4 is 21.8 Å². The number of phenols is 1. The first-order valence-electron chi connectivity index (χ1n) is 5.77. The maximum Gasteiger partial charge on any atom is 0.257 e. The fourth-order valence-corrected chi connectivity index (χ4v) is 1.77. The van der Waals surface area contributed by atoms with Gasteiger partial charge in [0.2, 0.25) is 0 Å². The van der Waals surface area contributed by atoms with E-state index in [0.717, 1.165) is 4.47 Å². The average Bonchev–Trinajstić information content (AvgIpc) is 2.27. The van der Waals surface area contributed by atoms with Crippen LogP contribution >= 0.6 is 15.9 Å². The first-order valence-corrected chi connectivity index (χ1v) is 6.56. The summed E-state index contributed by atoms with van der Waals surface area (Å²) in [6, 6.07) is 4.83. The minimum Gasteiger partial charge on any atom is -0.507 e. The number of carbonyl (C=O) groups excluding carboxylic acids is 1. The Morgan fingerprint density at radius 3 is 2.72 bits per heavy atom. The van der Waals surface area contributed by atoms with Crippen LogP contribution in [0.1, 0.15) is 24.2 Å². The van der Waals surface area contributed by atoms with E-state index in [1.165, 1.54) is 11.0 Å². The lowest BCUT2D eigenvalue weighted by atomic mass is 10.2. The minimum atomic E-state index is -0.215. The van der Waals surface area contributed by atoms with Crippen LogP contribution in [0.5, 0.6) is 5.75 Å². The van der Waals surface area contributed by atoms with Gasteiger partial charge in [-0.25, -0.2) is 0 Å². The van der Waals surface area contributed by atoms with Crippen LogP contribution in [0.3, 0.4) is 0 Å². The predicted octanol–water partition coefficient (Wildman–Crippen LogP) is 2.65. The third-order valence-electron chi connectivity index (χ3n) is 2.41. The number of nitrogens with zero attached hydrogens (tertiary/aromatic N) is 1. The number of likely N-dealkylation sites (N-methyl/N-ethyl adjacent to an activating group) is 1. The second-order valence-corrected chi connectivity index (χ2v) is 5.22. The summed E-state index contributed by atoms with van der Waals surface area (Å²) in [5.41, 5.74) is 0.297. The summed E-state index contributed by atoms with van der Waals surface area (Å²) in [6.45, 7) is 4.87. The van der Waals surface area contributed by atoms with Gasteiger partial charge in [-0.1, -0.05) is 15.9 Å². The Kier molecular flexibility index (Phi) is 5.62. The van der Waals surface area contributed by atoms with Crippen LogP contribution in [-0.2, 0) is 4.74 Å². The average molecular weight is 316 g/mol. The number of carbonyl (C=O) groups is 1. The van der Waals surface area contributed by atoms with Gasteiger partial charge >= 0.3 is 0 Å². The van der Waals surface area contributed by atoms with Crippen molar-refractivity contribution in [3.05, 3.63) is 28.2 Å². The lowest BCUT2D eigenvalue weighted by Crippen LogP contribution is -2.30. The van der Waals surface area contributed by atoms with Gasteiger partial charge in [-0.05, 0) is 32.0 Å². The third kappa shape index (κ3) is 4.31. The Morgan fingerprint density at radius 2 is 2.17 bits per heavy atom. The van der Waals surface area contributed by atoms with E-state index in [-0.39, 0.29) is 17.8 Å². The molecule has 0 saturated heterocycles. The zero-order valence-electron chi connectivity index (χ0n) is 10.8. The lowest BCUT2D eigenvalue weighted by molar-refractivity contribution is 0.0530. The van der Waals surface area contributed by atoms with E-state index in [4.69, 9.17) is 4.74 Å². The standard InChI is InChI=1S/C13H18BrNO3/c1-9(2)18-7-6-15(3)13(17)11-5-4-10(14)8-12(11)16/h4-5,8-9,16H,6-7H2,1-3H3. The first kappa shape index (κ1) is 15.0. The van der Waals surface area contributed by atoms with Gasteiger partial charge in [0.15, 0.2) is 0 Å². The molecule has 0 bridgehead atoms. The van der Waals surface area contributed by atoms with Crippen molar-refractivity contribution in [2.24, 2.45) is 0 Å². The van der Waals surface area contributed by atoms with Crippen molar-refractivity contribution in [3.63, 3.8) is 0 Å². The van der Waals surface area contributed by atoms with Crippen molar-refractivity contribution in [1.29, 1.82) is 0 Å². The summed E-state index contributed by atoms with van der Waals surface area (Å²) in [6.07, 6.45) is 0.148. The van der Waals surface area contributed by atoms with Crippen LogP contribution in [0.2, 0.25) is 0 Å². The number of halogens is 1. The van der Waals surface area contributed by atoms with Crippen LogP contribution in [0, 0.1) is 0 Å². The largest absolute Gasteiger partial charge is 0.507 e. The van der Waals surface area contributed by atoms with E-state index in [1.54, 1.807) is 19.2 Å². The van der Waals surface area contributed by atoms with Crippen LogP contribution in [0.4, 0.5) is 0 Å². The molecule has 0 aliphatic carbocycles. The molecule has 1 amide bonds. The molecule has 0 unspecified atom stereocenters. The normalized spacial score (nSPS) is 10.7. The fraction of sp³-hybridized carbons (Fsp3) is 0.462. The van der Waals surface area contributed by atoms with Gasteiger partial charge in [0.25, 0.3) is 5.91 Å². The van der Waals surface area contributed by atoms with E-state index >= 15 is 0 Å². The summed E-state index contributed by atoms with van der Waals surface area (Å²) in [5.74, 6) is -0.238. The Balaban J connectivity index is 2.63. The van der Waals surface area contributed by atoms with Crippen molar-refractivity contribution in [1.82, 2.24) is 4.90 Å². The summed E-state index contributed by atoms with van der Waals surface area (Å²) in [4.78, 5) is 13.6. The quantitative estimate of drug-likeness (QED) is 0.908. The molecular formula is C13H18BrNO3. The van der Waals surface area contributed by atoms with E-state index in [9.17, 15) is 9.90 Å².